The second kappa shape index (κ2) is 9.28. The fourth-order valence-electron chi connectivity index (χ4n) is 2.46. The van der Waals surface area contributed by atoms with Gasteiger partial charge in [0.25, 0.3) is 0 Å². The van der Waals surface area contributed by atoms with Gasteiger partial charge in [-0.3, -0.25) is 9.59 Å². The van der Waals surface area contributed by atoms with Crippen LogP contribution in [0.25, 0.3) is 0 Å². The van der Waals surface area contributed by atoms with Crippen molar-refractivity contribution in [3.8, 4) is 0 Å². The number of amides is 2. The zero-order chi connectivity index (χ0) is 18.2. The molecule has 132 valence electrons. The van der Waals surface area contributed by atoms with Gasteiger partial charge in [-0.1, -0.05) is 44.2 Å². The molecule has 0 bridgehead atoms. The number of carbonyl (C=O) groups is 2. The molecule has 0 unspecified atom stereocenters. The maximum Gasteiger partial charge on any atom is 0.234 e. The molecule has 2 aromatic rings. The van der Waals surface area contributed by atoms with Crippen molar-refractivity contribution in [3.63, 3.8) is 0 Å². The molecule has 0 saturated heterocycles. The predicted octanol–water partition coefficient (Wildman–Crippen LogP) is 4.43. The summed E-state index contributed by atoms with van der Waals surface area (Å²) in [5.74, 6) is 0.623. The number of thioether (sulfide) groups is 1. The Morgan fingerprint density at radius 1 is 0.960 bits per heavy atom. The predicted molar refractivity (Wildman–Crippen MR) is 106 cm³/mol. The van der Waals surface area contributed by atoms with Crippen LogP contribution in [0.15, 0.2) is 48.5 Å². The molecule has 0 aliphatic heterocycles. The summed E-state index contributed by atoms with van der Waals surface area (Å²) in [5, 5.41) is 5.77. The molecule has 2 rings (SSSR count). The third-order valence-corrected chi connectivity index (χ3v) is 4.56. The first-order valence-electron chi connectivity index (χ1n) is 8.28. The Bertz CT molecular complexity index is 744. The van der Waals surface area contributed by atoms with Crippen molar-refractivity contribution in [1.82, 2.24) is 0 Å². The number of aryl methyl sites for hydroxylation is 1. The van der Waals surface area contributed by atoms with E-state index in [9.17, 15) is 9.59 Å². The van der Waals surface area contributed by atoms with Crippen molar-refractivity contribution in [2.45, 2.75) is 26.7 Å². The Morgan fingerprint density at radius 2 is 1.64 bits per heavy atom. The summed E-state index contributed by atoms with van der Waals surface area (Å²) in [6.07, 6.45) is 0. The second-order valence-corrected chi connectivity index (χ2v) is 7.19. The lowest BCUT2D eigenvalue weighted by molar-refractivity contribution is -0.114. The maximum atomic E-state index is 12.1. The van der Waals surface area contributed by atoms with E-state index in [2.05, 4.69) is 24.5 Å². The fourth-order valence-corrected chi connectivity index (χ4v) is 3.07. The van der Waals surface area contributed by atoms with Crippen molar-refractivity contribution >= 4 is 35.0 Å². The van der Waals surface area contributed by atoms with Gasteiger partial charge in [-0.15, -0.1) is 11.8 Å². The largest absolute Gasteiger partial charge is 0.325 e. The van der Waals surface area contributed by atoms with Gasteiger partial charge in [0.2, 0.25) is 11.8 Å². The van der Waals surface area contributed by atoms with Crippen molar-refractivity contribution in [2.24, 2.45) is 0 Å². The maximum absolute atomic E-state index is 12.1. The van der Waals surface area contributed by atoms with Crippen LogP contribution in [-0.4, -0.2) is 23.3 Å². The smallest absolute Gasteiger partial charge is 0.234 e. The van der Waals surface area contributed by atoms with Crippen LogP contribution in [-0.2, 0) is 9.59 Å². The quantitative estimate of drug-likeness (QED) is 0.772. The van der Waals surface area contributed by atoms with Gasteiger partial charge in [-0.05, 0) is 42.2 Å². The average Bonchev–Trinajstić information content (AvgIpc) is 2.55. The minimum absolute atomic E-state index is 0.0959. The van der Waals surface area contributed by atoms with E-state index in [0.29, 0.717) is 5.92 Å². The van der Waals surface area contributed by atoms with E-state index in [-0.39, 0.29) is 23.3 Å². The summed E-state index contributed by atoms with van der Waals surface area (Å²) >= 11 is 1.30. The van der Waals surface area contributed by atoms with Gasteiger partial charge < -0.3 is 10.6 Å². The highest BCUT2D eigenvalue weighted by Gasteiger charge is 2.10. The van der Waals surface area contributed by atoms with Crippen molar-refractivity contribution in [2.75, 3.05) is 22.1 Å². The molecular formula is C20H24N2O2S. The number of hydrogen-bond acceptors (Lipinski definition) is 3. The van der Waals surface area contributed by atoms with Crippen molar-refractivity contribution in [1.29, 1.82) is 0 Å². The minimum Gasteiger partial charge on any atom is -0.325 e. The molecule has 2 amide bonds. The Labute approximate surface area is 153 Å². The van der Waals surface area contributed by atoms with Crippen LogP contribution >= 0.6 is 11.8 Å². The number of benzene rings is 2. The van der Waals surface area contributed by atoms with Crippen LogP contribution in [0, 0.1) is 6.92 Å². The zero-order valence-electron chi connectivity index (χ0n) is 14.8. The molecule has 2 aromatic carbocycles. The molecule has 0 atom stereocenters. The van der Waals surface area contributed by atoms with E-state index in [1.54, 1.807) is 0 Å². The van der Waals surface area contributed by atoms with Crippen LogP contribution in [0.3, 0.4) is 0 Å². The van der Waals surface area contributed by atoms with Crippen LogP contribution < -0.4 is 10.6 Å². The van der Waals surface area contributed by atoms with Gasteiger partial charge in [-0.2, -0.15) is 0 Å². The minimum atomic E-state index is -0.106. The van der Waals surface area contributed by atoms with E-state index >= 15 is 0 Å². The molecule has 5 heteroatoms. The molecule has 0 radical (unpaired) electrons. The van der Waals surface area contributed by atoms with E-state index in [0.717, 1.165) is 22.5 Å². The SMILES string of the molecule is Cc1cccc(NC(=O)CSCC(=O)Nc2ccccc2C(C)C)c1. The summed E-state index contributed by atoms with van der Waals surface area (Å²) < 4.78 is 0. The van der Waals surface area contributed by atoms with Crippen LogP contribution in [0.4, 0.5) is 11.4 Å². The summed E-state index contributed by atoms with van der Waals surface area (Å²) in [5.41, 5.74) is 3.82. The summed E-state index contributed by atoms with van der Waals surface area (Å²) in [6.45, 7) is 6.16. The molecule has 2 N–H and O–H groups in total. The summed E-state index contributed by atoms with van der Waals surface area (Å²) in [4.78, 5) is 24.1. The first-order chi connectivity index (χ1) is 12.0. The summed E-state index contributed by atoms with van der Waals surface area (Å²) in [6, 6.07) is 15.4. The Morgan fingerprint density at radius 3 is 2.32 bits per heavy atom. The van der Waals surface area contributed by atoms with E-state index in [4.69, 9.17) is 0 Å². The van der Waals surface area contributed by atoms with E-state index in [1.807, 2.05) is 55.5 Å². The third-order valence-electron chi connectivity index (χ3n) is 3.63. The standard InChI is InChI=1S/C20H24N2O2S/c1-14(2)17-9-4-5-10-18(17)22-20(24)13-25-12-19(23)21-16-8-6-7-15(3)11-16/h4-11,14H,12-13H2,1-3H3,(H,21,23)(H,22,24). The second-order valence-electron chi connectivity index (χ2n) is 6.20. The van der Waals surface area contributed by atoms with Gasteiger partial charge in [0.1, 0.15) is 0 Å². The number of para-hydroxylation sites is 1. The Hall–Kier alpha value is -2.27. The van der Waals surface area contributed by atoms with Gasteiger partial charge in [0.15, 0.2) is 0 Å². The zero-order valence-corrected chi connectivity index (χ0v) is 15.7. The molecule has 0 heterocycles. The molecule has 4 nitrogen and oxygen atoms in total. The van der Waals surface area contributed by atoms with Gasteiger partial charge in [0, 0.05) is 11.4 Å². The number of anilines is 2. The number of hydrogen-bond donors (Lipinski definition) is 2. The highest BCUT2D eigenvalue weighted by molar-refractivity contribution is 8.00. The van der Waals surface area contributed by atoms with Crippen LogP contribution in [0.2, 0.25) is 0 Å². The number of nitrogens with one attached hydrogen (secondary N) is 2. The Balaban J connectivity index is 1.78. The van der Waals surface area contributed by atoms with Gasteiger partial charge in [0.05, 0.1) is 11.5 Å². The van der Waals surface area contributed by atoms with Crippen molar-refractivity contribution in [3.05, 3.63) is 59.7 Å². The first kappa shape index (κ1) is 19.1. The highest BCUT2D eigenvalue weighted by atomic mass is 32.2. The normalized spacial score (nSPS) is 10.6. The van der Waals surface area contributed by atoms with Gasteiger partial charge >= 0.3 is 0 Å². The molecule has 0 spiro atoms. The molecule has 0 aliphatic rings. The Kier molecular flexibility index (Phi) is 7.07. The summed E-state index contributed by atoms with van der Waals surface area (Å²) in [7, 11) is 0. The first-order valence-corrected chi connectivity index (χ1v) is 9.44. The third kappa shape index (κ3) is 6.27. The molecule has 0 fully saturated rings. The molecule has 0 aromatic heterocycles. The lowest BCUT2D eigenvalue weighted by Crippen LogP contribution is -2.19. The number of carbonyl (C=O) groups excluding carboxylic acids is 2. The molecule has 25 heavy (non-hydrogen) atoms. The lowest BCUT2D eigenvalue weighted by Gasteiger charge is -2.13. The molecule has 0 aliphatic carbocycles. The van der Waals surface area contributed by atoms with Crippen molar-refractivity contribution < 1.29 is 9.59 Å². The van der Waals surface area contributed by atoms with Crippen LogP contribution in [0.1, 0.15) is 30.9 Å². The number of rotatable bonds is 7. The van der Waals surface area contributed by atoms with E-state index < -0.39 is 0 Å². The topological polar surface area (TPSA) is 58.2 Å². The van der Waals surface area contributed by atoms with Gasteiger partial charge in [-0.25, -0.2) is 0 Å². The molecular weight excluding hydrogens is 332 g/mol. The van der Waals surface area contributed by atoms with Crippen LogP contribution in [0.5, 0.6) is 0 Å². The molecule has 0 saturated carbocycles. The monoisotopic (exact) mass is 356 g/mol. The average molecular weight is 356 g/mol. The highest BCUT2D eigenvalue weighted by Crippen LogP contribution is 2.23. The fraction of sp³-hybridized carbons (Fsp3) is 0.300. The van der Waals surface area contributed by atoms with E-state index in [1.165, 1.54) is 11.8 Å². The lowest BCUT2D eigenvalue weighted by atomic mass is 10.0.